The van der Waals surface area contributed by atoms with Crippen LogP contribution in [0.5, 0.6) is 0 Å². The molecule has 1 rings (SSSR count). The van der Waals surface area contributed by atoms with E-state index in [4.69, 9.17) is 5.11 Å². The van der Waals surface area contributed by atoms with Crippen molar-refractivity contribution in [2.75, 3.05) is 0 Å². The van der Waals surface area contributed by atoms with E-state index in [1.165, 1.54) is 6.07 Å². The largest absolute Gasteiger partial charge is 0.433 e. The van der Waals surface area contributed by atoms with E-state index in [2.05, 4.69) is 4.98 Å². The summed E-state index contributed by atoms with van der Waals surface area (Å²) < 4.78 is 35.7. The highest BCUT2D eigenvalue weighted by Gasteiger charge is 2.31. The molecular formula is C7H6F3NO. The Morgan fingerprint density at radius 2 is 2.00 bits per heavy atom. The van der Waals surface area contributed by atoms with Gasteiger partial charge in [-0.3, -0.25) is 4.98 Å². The highest BCUT2D eigenvalue weighted by atomic mass is 19.4. The second kappa shape index (κ2) is 3.10. The van der Waals surface area contributed by atoms with E-state index < -0.39 is 11.9 Å². The lowest BCUT2D eigenvalue weighted by molar-refractivity contribution is -0.141. The van der Waals surface area contributed by atoms with Crippen LogP contribution in [0.1, 0.15) is 11.3 Å². The second-order valence-corrected chi connectivity index (χ2v) is 2.21. The van der Waals surface area contributed by atoms with Crippen LogP contribution in [0, 0.1) is 0 Å². The average Bonchev–Trinajstić information content (AvgIpc) is 2.03. The van der Waals surface area contributed by atoms with Crippen LogP contribution in [0.3, 0.4) is 0 Å². The van der Waals surface area contributed by atoms with E-state index in [0.717, 1.165) is 12.3 Å². The standard InChI is InChI=1S/C7H6F3NO/c8-7(9,10)6-2-1-5(4-12)3-11-6/h1-3,12H,4H2. The van der Waals surface area contributed by atoms with Gasteiger partial charge in [0.05, 0.1) is 6.61 Å². The zero-order valence-corrected chi connectivity index (χ0v) is 5.97. The number of halogens is 3. The van der Waals surface area contributed by atoms with Gasteiger partial charge in [0.25, 0.3) is 0 Å². The molecule has 0 saturated carbocycles. The topological polar surface area (TPSA) is 33.1 Å². The molecule has 0 spiro atoms. The first kappa shape index (κ1) is 8.99. The smallest absolute Gasteiger partial charge is 0.392 e. The van der Waals surface area contributed by atoms with Gasteiger partial charge in [0.2, 0.25) is 0 Å². The molecule has 1 aromatic rings. The van der Waals surface area contributed by atoms with Gasteiger partial charge < -0.3 is 5.11 Å². The number of aliphatic hydroxyl groups excluding tert-OH is 1. The van der Waals surface area contributed by atoms with Crippen molar-refractivity contribution >= 4 is 0 Å². The van der Waals surface area contributed by atoms with Crippen molar-refractivity contribution in [2.24, 2.45) is 0 Å². The molecule has 0 amide bonds. The maximum Gasteiger partial charge on any atom is 0.433 e. The number of pyridine rings is 1. The zero-order valence-electron chi connectivity index (χ0n) is 5.97. The normalized spacial score (nSPS) is 11.7. The molecule has 12 heavy (non-hydrogen) atoms. The maximum atomic E-state index is 11.9. The molecule has 0 bridgehead atoms. The Morgan fingerprint density at radius 3 is 2.33 bits per heavy atom. The summed E-state index contributed by atoms with van der Waals surface area (Å²) in [4.78, 5) is 3.14. The third-order valence-corrected chi connectivity index (χ3v) is 1.30. The van der Waals surface area contributed by atoms with E-state index in [0.29, 0.717) is 5.56 Å². The molecule has 5 heteroatoms. The summed E-state index contributed by atoms with van der Waals surface area (Å²) in [5, 5.41) is 8.51. The number of nitrogens with zero attached hydrogens (tertiary/aromatic N) is 1. The van der Waals surface area contributed by atoms with Gasteiger partial charge in [0.1, 0.15) is 5.69 Å². The molecule has 2 nitrogen and oxygen atoms in total. The van der Waals surface area contributed by atoms with Gasteiger partial charge in [-0.2, -0.15) is 13.2 Å². The van der Waals surface area contributed by atoms with Crippen molar-refractivity contribution in [3.63, 3.8) is 0 Å². The third-order valence-electron chi connectivity index (χ3n) is 1.30. The molecule has 0 saturated heterocycles. The molecule has 66 valence electrons. The SMILES string of the molecule is OCc1ccc(C(F)(F)F)nc1. The summed E-state index contributed by atoms with van der Waals surface area (Å²) in [6.07, 6.45) is -3.41. The van der Waals surface area contributed by atoms with Crippen LogP contribution in [0.15, 0.2) is 18.3 Å². The summed E-state index contributed by atoms with van der Waals surface area (Å²) in [5.74, 6) is 0. The average molecular weight is 177 g/mol. The van der Waals surface area contributed by atoms with Crippen LogP contribution in [0.2, 0.25) is 0 Å². The van der Waals surface area contributed by atoms with Crippen molar-refractivity contribution in [3.05, 3.63) is 29.6 Å². The van der Waals surface area contributed by atoms with Gasteiger partial charge in [0.15, 0.2) is 0 Å². The Bertz CT molecular complexity index is 254. The fourth-order valence-electron chi connectivity index (χ4n) is 0.686. The Morgan fingerprint density at radius 1 is 1.33 bits per heavy atom. The molecule has 0 aliphatic heterocycles. The van der Waals surface area contributed by atoms with Gasteiger partial charge in [-0.25, -0.2) is 0 Å². The van der Waals surface area contributed by atoms with Crippen molar-refractivity contribution in [2.45, 2.75) is 12.8 Å². The monoisotopic (exact) mass is 177 g/mol. The fraction of sp³-hybridized carbons (Fsp3) is 0.286. The molecule has 0 aliphatic rings. The number of hydrogen-bond donors (Lipinski definition) is 1. The molecule has 0 atom stereocenters. The second-order valence-electron chi connectivity index (χ2n) is 2.21. The van der Waals surface area contributed by atoms with Crippen molar-refractivity contribution in [1.29, 1.82) is 0 Å². The Balaban J connectivity index is 2.93. The van der Waals surface area contributed by atoms with Crippen LogP contribution >= 0.6 is 0 Å². The molecule has 1 heterocycles. The maximum absolute atomic E-state index is 11.9. The van der Waals surface area contributed by atoms with E-state index in [-0.39, 0.29) is 6.61 Å². The lowest BCUT2D eigenvalue weighted by Crippen LogP contribution is -2.07. The van der Waals surface area contributed by atoms with Gasteiger partial charge >= 0.3 is 6.18 Å². The molecular weight excluding hydrogens is 171 g/mol. The van der Waals surface area contributed by atoms with Gasteiger partial charge in [-0.05, 0) is 11.6 Å². The van der Waals surface area contributed by atoms with Crippen molar-refractivity contribution < 1.29 is 18.3 Å². The molecule has 0 fully saturated rings. The quantitative estimate of drug-likeness (QED) is 0.706. The van der Waals surface area contributed by atoms with Crippen LogP contribution in [-0.2, 0) is 12.8 Å². The summed E-state index contributed by atoms with van der Waals surface area (Å²) in [6, 6.07) is 2.03. The van der Waals surface area contributed by atoms with Crippen molar-refractivity contribution in [1.82, 2.24) is 4.98 Å². The molecule has 0 aliphatic carbocycles. The lowest BCUT2D eigenvalue weighted by Gasteiger charge is -2.04. The van der Waals surface area contributed by atoms with Crippen LogP contribution in [0.25, 0.3) is 0 Å². The van der Waals surface area contributed by atoms with Gasteiger partial charge in [-0.15, -0.1) is 0 Å². The molecule has 1 N–H and O–H groups in total. The first-order valence-electron chi connectivity index (χ1n) is 3.17. The first-order chi connectivity index (χ1) is 5.54. The van der Waals surface area contributed by atoms with Crippen molar-refractivity contribution in [3.8, 4) is 0 Å². The molecule has 1 aromatic heterocycles. The number of aliphatic hydroxyl groups is 1. The third kappa shape index (κ3) is 1.94. The minimum atomic E-state index is -4.41. The van der Waals surface area contributed by atoms with Gasteiger partial charge in [0, 0.05) is 6.20 Å². The minimum Gasteiger partial charge on any atom is -0.392 e. The van der Waals surface area contributed by atoms with Crippen LogP contribution in [0.4, 0.5) is 13.2 Å². The summed E-state index contributed by atoms with van der Waals surface area (Å²) in [7, 11) is 0. The van der Waals surface area contributed by atoms with Crippen LogP contribution < -0.4 is 0 Å². The Labute approximate surface area is 66.7 Å². The Kier molecular flexibility index (Phi) is 2.32. The zero-order chi connectivity index (χ0) is 9.19. The molecule has 0 aromatic carbocycles. The molecule has 0 radical (unpaired) electrons. The van der Waals surface area contributed by atoms with E-state index in [1.807, 2.05) is 0 Å². The summed E-state index contributed by atoms with van der Waals surface area (Å²) in [6.45, 7) is -0.300. The minimum absolute atomic E-state index is 0.300. The van der Waals surface area contributed by atoms with Crippen LogP contribution in [-0.4, -0.2) is 10.1 Å². The van der Waals surface area contributed by atoms with E-state index in [9.17, 15) is 13.2 Å². The predicted octanol–water partition coefficient (Wildman–Crippen LogP) is 1.59. The number of aromatic nitrogens is 1. The van der Waals surface area contributed by atoms with Gasteiger partial charge in [-0.1, -0.05) is 6.07 Å². The number of alkyl halides is 3. The lowest BCUT2D eigenvalue weighted by atomic mass is 10.2. The van der Waals surface area contributed by atoms with E-state index >= 15 is 0 Å². The Hall–Kier alpha value is -1.10. The summed E-state index contributed by atoms with van der Waals surface area (Å²) >= 11 is 0. The number of hydrogen-bond acceptors (Lipinski definition) is 2. The predicted molar refractivity (Wildman–Crippen MR) is 35.2 cm³/mol. The molecule has 0 unspecified atom stereocenters. The first-order valence-corrected chi connectivity index (χ1v) is 3.17. The highest BCUT2D eigenvalue weighted by Crippen LogP contribution is 2.26. The number of rotatable bonds is 1. The highest BCUT2D eigenvalue weighted by molar-refractivity contribution is 5.14. The summed E-state index contributed by atoms with van der Waals surface area (Å²) in [5.41, 5.74) is -0.581. The fourth-order valence-corrected chi connectivity index (χ4v) is 0.686. The van der Waals surface area contributed by atoms with E-state index in [1.54, 1.807) is 0 Å².